The molecule has 0 radical (unpaired) electrons. The maximum absolute atomic E-state index is 12.3. The monoisotopic (exact) mass is 328 g/mol. The topological polar surface area (TPSA) is 50.2 Å². The summed E-state index contributed by atoms with van der Waals surface area (Å²) >= 11 is 0. The standard InChI is InChI=1S/C19H28N4O/c1-19(2,3)15-9-7-14(8-10-15)16-13-17(23(6)21-16)18(24)20-11-12-22(4)5/h7-10,13H,11-12H2,1-6H3,(H,20,24). The number of nitrogens with one attached hydrogen (secondary N) is 1. The van der Waals surface area contributed by atoms with Gasteiger partial charge in [-0.05, 0) is 31.1 Å². The largest absolute Gasteiger partial charge is 0.349 e. The van der Waals surface area contributed by atoms with Crippen LogP contribution in [0.4, 0.5) is 0 Å². The van der Waals surface area contributed by atoms with Crippen LogP contribution in [0.15, 0.2) is 30.3 Å². The third kappa shape index (κ3) is 4.45. The summed E-state index contributed by atoms with van der Waals surface area (Å²) in [4.78, 5) is 14.3. The normalized spacial score (nSPS) is 11.8. The summed E-state index contributed by atoms with van der Waals surface area (Å²) in [5.74, 6) is -0.0931. The summed E-state index contributed by atoms with van der Waals surface area (Å²) in [6, 6.07) is 10.2. The number of carbonyl (C=O) groups is 1. The van der Waals surface area contributed by atoms with Crippen LogP contribution in [0, 0.1) is 0 Å². The summed E-state index contributed by atoms with van der Waals surface area (Å²) in [7, 11) is 5.76. The zero-order valence-corrected chi connectivity index (χ0v) is 15.6. The molecule has 1 N–H and O–H groups in total. The number of hydrogen-bond acceptors (Lipinski definition) is 3. The van der Waals surface area contributed by atoms with Gasteiger partial charge < -0.3 is 10.2 Å². The number of aryl methyl sites for hydroxylation is 1. The third-order valence-corrected chi connectivity index (χ3v) is 4.00. The fourth-order valence-corrected chi connectivity index (χ4v) is 2.45. The molecule has 0 saturated heterocycles. The van der Waals surface area contributed by atoms with Gasteiger partial charge in [0, 0.05) is 25.7 Å². The predicted octanol–water partition coefficient (Wildman–Crippen LogP) is 2.68. The average molecular weight is 328 g/mol. The Bertz CT molecular complexity index is 693. The van der Waals surface area contributed by atoms with Gasteiger partial charge >= 0.3 is 0 Å². The van der Waals surface area contributed by atoms with E-state index in [1.165, 1.54) is 5.56 Å². The lowest BCUT2D eigenvalue weighted by molar-refractivity contribution is 0.0941. The van der Waals surface area contributed by atoms with Gasteiger partial charge in [-0.3, -0.25) is 9.48 Å². The number of carbonyl (C=O) groups excluding carboxylic acids is 1. The van der Waals surface area contributed by atoms with Crippen LogP contribution in [0.1, 0.15) is 36.8 Å². The van der Waals surface area contributed by atoms with Gasteiger partial charge in [-0.15, -0.1) is 0 Å². The van der Waals surface area contributed by atoms with Gasteiger partial charge in [0.25, 0.3) is 5.91 Å². The number of hydrogen-bond donors (Lipinski definition) is 1. The van der Waals surface area contributed by atoms with Crippen molar-refractivity contribution in [2.45, 2.75) is 26.2 Å². The maximum atomic E-state index is 12.3. The number of amides is 1. The van der Waals surface area contributed by atoms with Crippen LogP contribution in [0.5, 0.6) is 0 Å². The van der Waals surface area contributed by atoms with Gasteiger partial charge in [0.2, 0.25) is 0 Å². The Hall–Kier alpha value is -2.14. The number of likely N-dealkylation sites (N-methyl/N-ethyl adjacent to an activating group) is 1. The highest BCUT2D eigenvalue weighted by molar-refractivity contribution is 5.93. The van der Waals surface area contributed by atoms with Gasteiger partial charge in [0.05, 0.1) is 5.69 Å². The van der Waals surface area contributed by atoms with E-state index in [4.69, 9.17) is 0 Å². The molecule has 5 heteroatoms. The molecule has 0 unspecified atom stereocenters. The van der Waals surface area contributed by atoms with E-state index in [1.54, 1.807) is 11.7 Å². The molecule has 0 bridgehead atoms. The van der Waals surface area contributed by atoms with Crippen molar-refractivity contribution >= 4 is 5.91 Å². The second-order valence-corrected chi connectivity index (χ2v) is 7.42. The van der Waals surface area contributed by atoms with Crippen LogP contribution in [-0.4, -0.2) is 47.8 Å². The van der Waals surface area contributed by atoms with Crippen LogP contribution in [0.2, 0.25) is 0 Å². The molecule has 24 heavy (non-hydrogen) atoms. The van der Waals surface area contributed by atoms with E-state index in [1.807, 2.05) is 25.1 Å². The Morgan fingerprint density at radius 1 is 1.21 bits per heavy atom. The van der Waals surface area contributed by atoms with E-state index < -0.39 is 0 Å². The molecule has 2 aromatic rings. The second kappa shape index (κ2) is 7.18. The highest BCUT2D eigenvalue weighted by Gasteiger charge is 2.16. The molecule has 1 amide bonds. The van der Waals surface area contributed by atoms with Crippen molar-refractivity contribution in [3.8, 4) is 11.3 Å². The number of nitrogens with zero attached hydrogens (tertiary/aromatic N) is 3. The summed E-state index contributed by atoms with van der Waals surface area (Å²) < 4.78 is 1.64. The number of benzene rings is 1. The van der Waals surface area contributed by atoms with Crippen LogP contribution in [0.3, 0.4) is 0 Å². The van der Waals surface area contributed by atoms with E-state index in [-0.39, 0.29) is 11.3 Å². The second-order valence-electron chi connectivity index (χ2n) is 7.42. The molecule has 0 saturated carbocycles. The zero-order valence-electron chi connectivity index (χ0n) is 15.6. The third-order valence-electron chi connectivity index (χ3n) is 4.00. The lowest BCUT2D eigenvalue weighted by atomic mass is 9.86. The van der Waals surface area contributed by atoms with Crippen molar-refractivity contribution < 1.29 is 4.79 Å². The Balaban J connectivity index is 2.14. The Morgan fingerprint density at radius 3 is 2.38 bits per heavy atom. The molecule has 0 atom stereocenters. The van der Waals surface area contributed by atoms with E-state index in [9.17, 15) is 4.79 Å². The molecule has 1 aromatic carbocycles. The number of rotatable bonds is 5. The molecule has 2 rings (SSSR count). The molecule has 1 aromatic heterocycles. The van der Waals surface area contributed by atoms with E-state index in [2.05, 4.69) is 55.5 Å². The molecular formula is C19H28N4O. The first-order valence-electron chi connectivity index (χ1n) is 8.26. The smallest absolute Gasteiger partial charge is 0.269 e. The fourth-order valence-electron chi connectivity index (χ4n) is 2.45. The van der Waals surface area contributed by atoms with Crippen molar-refractivity contribution in [1.29, 1.82) is 0 Å². The molecule has 0 aliphatic carbocycles. The Morgan fingerprint density at radius 2 is 1.83 bits per heavy atom. The molecule has 0 aliphatic rings. The lowest BCUT2D eigenvalue weighted by Crippen LogP contribution is -2.32. The minimum absolute atomic E-state index is 0.0931. The Labute approximate surface area is 144 Å². The zero-order chi connectivity index (χ0) is 17.9. The highest BCUT2D eigenvalue weighted by atomic mass is 16.2. The molecule has 1 heterocycles. The van der Waals surface area contributed by atoms with Crippen molar-refractivity contribution in [3.05, 3.63) is 41.6 Å². The average Bonchev–Trinajstić information content (AvgIpc) is 2.88. The highest BCUT2D eigenvalue weighted by Crippen LogP contribution is 2.25. The minimum atomic E-state index is -0.0931. The molecular weight excluding hydrogens is 300 g/mol. The molecule has 0 fully saturated rings. The van der Waals surface area contributed by atoms with Gasteiger partial charge in [-0.2, -0.15) is 5.10 Å². The first-order chi connectivity index (χ1) is 11.2. The van der Waals surface area contributed by atoms with Crippen LogP contribution in [0.25, 0.3) is 11.3 Å². The van der Waals surface area contributed by atoms with Crippen molar-refractivity contribution in [1.82, 2.24) is 20.0 Å². The predicted molar refractivity (Wildman–Crippen MR) is 98.2 cm³/mol. The van der Waals surface area contributed by atoms with Crippen LogP contribution < -0.4 is 5.32 Å². The van der Waals surface area contributed by atoms with E-state index >= 15 is 0 Å². The summed E-state index contributed by atoms with van der Waals surface area (Å²) in [6.07, 6.45) is 0. The van der Waals surface area contributed by atoms with Crippen molar-refractivity contribution in [2.24, 2.45) is 7.05 Å². The first-order valence-corrected chi connectivity index (χ1v) is 8.26. The van der Waals surface area contributed by atoms with E-state index in [0.29, 0.717) is 12.2 Å². The van der Waals surface area contributed by atoms with Crippen molar-refractivity contribution in [3.63, 3.8) is 0 Å². The van der Waals surface area contributed by atoms with Gasteiger partial charge in [-0.1, -0.05) is 45.0 Å². The molecule has 0 spiro atoms. The van der Waals surface area contributed by atoms with E-state index in [0.717, 1.165) is 17.8 Å². The molecule has 130 valence electrons. The minimum Gasteiger partial charge on any atom is -0.349 e. The quantitative estimate of drug-likeness (QED) is 0.918. The van der Waals surface area contributed by atoms with Crippen LogP contribution >= 0.6 is 0 Å². The van der Waals surface area contributed by atoms with Gasteiger partial charge in [0.15, 0.2) is 0 Å². The SMILES string of the molecule is CN(C)CCNC(=O)c1cc(-c2ccc(C(C)(C)C)cc2)nn1C. The van der Waals surface area contributed by atoms with Crippen LogP contribution in [-0.2, 0) is 12.5 Å². The Kier molecular flexibility index (Phi) is 5.44. The summed E-state index contributed by atoms with van der Waals surface area (Å²) in [6.45, 7) is 8.01. The molecule has 5 nitrogen and oxygen atoms in total. The first kappa shape index (κ1) is 18.2. The van der Waals surface area contributed by atoms with Gasteiger partial charge in [-0.25, -0.2) is 0 Å². The van der Waals surface area contributed by atoms with Crippen molar-refractivity contribution in [2.75, 3.05) is 27.2 Å². The molecule has 0 aliphatic heterocycles. The lowest BCUT2D eigenvalue weighted by Gasteiger charge is -2.18. The fraction of sp³-hybridized carbons (Fsp3) is 0.474. The number of aromatic nitrogens is 2. The summed E-state index contributed by atoms with van der Waals surface area (Å²) in [5.41, 5.74) is 3.81. The van der Waals surface area contributed by atoms with Gasteiger partial charge in [0.1, 0.15) is 5.69 Å². The maximum Gasteiger partial charge on any atom is 0.269 e. The summed E-state index contributed by atoms with van der Waals surface area (Å²) in [5, 5.41) is 7.41.